The van der Waals surface area contributed by atoms with Gasteiger partial charge in [-0.2, -0.15) is 0 Å². The summed E-state index contributed by atoms with van der Waals surface area (Å²) in [4.78, 5) is 0.200. The Kier molecular flexibility index (Phi) is 3.60. The van der Waals surface area contributed by atoms with Crippen LogP contribution in [-0.2, 0) is 10.0 Å². The standard InChI is InChI=1S/C10H12N4O2S2/c1-11-10-14-13-9(17-10)7-5-3-4-6-8(7)18(15,16)12-2/h3-6,12H,1-2H3,(H,11,14). The molecule has 8 heteroatoms. The lowest BCUT2D eigenvalue weighted by Crippen LogP contribution is -2.19. The number of rotatable bonds is 4. The van der Waals surface area contributed by atoms with E-state index in [4.69, 9.17) is 0 Å². The van der Waals surface area contributed by atoms with Gasteiger partial charge in [-0.25, -0.2) is 13.1 Å². The number of benzene rings is 1. The summed E-state index contributed by atoms with van der Waals surface area (Å²) in [5, 5.41) is 12.0. The van der Waals surface area contributed by atoms with Gasteiger partial charge >= 0.3 is 0 Å². The van der Waals surface area contributed by atoms with Crippen molar-refractivity contribution in [2.24, 2.45) is 0 Å². The second-order valence-electron chi connectivity index (χ2n) is 3.37. The first-order valence-electron chi connectivity index (χ1n) is 5.12. The maximum Gasteiger partial charge on any atom is 0.241 e. The highest BCUT2D eigenvalue weighted by atomic mass is 32.2. The van der Waals surface area contributed by atoms with E-state index in [1.807, 2.05) is 0 Å². The van der Waals surface area contributed by atoms with Crippen molar-refractivity contribution in [1.82, 2.24) is 14.9 Å². The lowest BCUT2D eigenvalue weighted by atomic mass is 10.2. The molecule has 0 bridgehead atoms. The van der Waals surface area contributed by atoms with Crippen LogP contribution in [0.2, 0.25) is 0 Å². The number of nitrogens with zero attached hydrogens (tertiary/aromatic N) is 2. The molecular formula is C10H12N4O2S2. The molecule has 0 atom stereocenters. The van der Waals surface area contributed by atoms with Crippen LogP contribution in [0.4, 0.5) is 5.13 Å². The van der Waals surface area contributed by atoms with Crippen LogP contribution in [0, 0.1) is 0 Å². The third-order valence-electron chi connectivity index (χ3n) is 2.31. The fourth-order valence-electron chi connectivity index (χ4n) is 1.42. The Balaban J connectivity index is 2.58. The molecule has 0 aliphatic rings. The zero-order valence-electron chi connectivity index (χ0n) is 9.84. The topological polar surface area (TPSA) is 84.0 Å². The second kappa shape index (κ2) is 5.01. The average molecular weight is 284 g/mol. The number of hydrogen-bond acceptors (Lipinski definition) is 6. The molecule has 0 aliphatic carbocycles. The van der Waals surface area contributed by atoms with E-state index in [-0.39, 0.29) is 4.90 Å². The summed E-state index contributed by atoms with van der Waals surface area (Å²) < 4.78 is 26.1. The minimum atomic E-state index is -3.51. The van der Waals surface area contributed by atoms with E-state index in [1.165, 1.54) is 18.4 Å². The fourth-order valence-corrected chi connectivity index (χ4v) is 3.15. The normalized spacial score (nSPS) is 11.4. The molecule has 0 amide bonds. The first-order valence-corrected chi connectivity index (χ1v) is 7.42. The molecule has 0 spiro atoms. The molecule has 0 unspecified atom stereocenters. The Morgan fingerprint density at radius 2 is 1.89 bits per heavy atom. The van der Waals surface area contributed by atoms with Gasteiger partial charge in [0.15, 0.2) is 5.01 Å². The van der Waals surface area contributed by atoms with Crippen molar-refractivity contribution in [2.75, 3.05) is 19.4 Å². The monoisotopic (exact) mass is 284 g/mol. The SMILES string of the molecule is CNc1nnc(-c2ccccc2S(=O)(=O)NC)s1. The summed E-state index contributed by atoms with van der Waals surface area (Å²) in [7, 11) is -0.389. The first kappa shape index (κ1) is 12.9. The Labute approximate surface area is 109 Å². The van der Waals surface area contributed by atoms with Gasteiger partial charge in [-0.05, 0) is 13.1 Å². The third kappa shape index (κ3) is 2.35. The Bertz CT molecular complexity index is 651. The Hall–Kier alpha value is -1.51. The number of nitrogens with one attached hydrogen (secondary N) is 2. The predicted octanol–water partition coefficient (Wildman–Crippen LogP) is 1.15. The van der Waals surface area contributed by atoms with Gasteiger partial charge in [0.05, 0.1) is 4.90 Å². The van der Waals surface area contributed by atoms with Gasteiger partial charge in [-0.3, -0.25) is 0 Å². The number of sulfonamides is 1. The summed E-state index contributed by atoms with van der Waals surface area (Å²) in [6.45, 7) is 0. The van der Waals surface area contributed by atoms with E-state index < -0.39 is 10.0 Å². The van der Waals surface area contributed by atoms with Crippen molar-refractivity contribution >= 4 is 26.5 Å². The average Bonchev–Trinajstić information content (AvgIpc) is 2.87. The van der Waals surface area contributed by atoms with E-state index in [0.717, 1.165) is 0 Å². The van der Waals surface area contributed by atoms with E-state index in [0.29, 0.717) is 15.7 Å². The van der Waals surface area contributed by atoms with E-state index in [2.05, 4.69) is 20.2 Å². The molecule has 0 saturated heterocycles. The van der Waals surface area contributed by atoms with Crippen molar-refractivity contribution < 1.29 is 8.42 Å². The van der Waals surface area contributed by atoms with Crippen LogP contribution in [0.5, 0.6) is 0 Å². The Morgan fingerprint density at radius 3 is 2.50 bits per heavy atom. The van der Waals surface area contributed by atoms with Gasteiger partial charge in [0, 0.05) is 12.6 Å². The highest BCUT2D eigenvalue weighted by Gasteiger charge is 2.19. The molecular weight excluding hydrogens is 272 g/mol. The zero-order valence-corrected chi connectivity index (χ0v) is 11.5. The highest BCUT2D eigenvalue weighted by molar-refractivity contribution is 7.89. The van der Waals surface area contributed by atoms with Crippen molar-refractivity contribution in [1.29, 1.82) is 0 Å². The van der Waals surface area contributed by atoms with Gasteiger partial charge in [-0.1, -0.05) is 29.5 Å². The van der Waals surface area contributed by atoms with Gasteiger partial charge in [0.25, 0.3) is 0 Å². The van der Waals surface area contributed by atoms with E-state index in [1.54, 1.807) is 31.3 Å². The molecule has 2 N–H and O–H groups in total. The lowest BCUT2D eigenvalue weighted by Gasteiger charge is -2.06. The molecule has 0 fully saturated rings. The predicted molar refractivity (Wildman–Crippen MR) is 71.1 cm³/mol. The van der Waals surface area contributed by atoms with Crippen molar-refractivity contribution in [3.8, 4) is 10.6 Å². The van der Waals surface area contributed by atoms with Crippen LogP contribution >= 0.6 is 11.3 Å². The minimum absolute atomic E-state index is 0.200. The molecule has 0 aliphatic heterocycles. The summed E-state index contributed by atoms with van der Waals surface area (Å²) in [5.41, 5.74) is 0.547. The first-order chi connectivity index (χ1) is 8.58. The van der Waals surface area contributed by atoms with Crippen LogP contribution in [0.15, 0.2) is 29.2 Å². The van der Waals surface area contributed by atoms with Crippen LogP contribution in [0.25, 0.3) is 10.6 Å². The van der Waals surface area contributed by atoms with Gasteiger partial charge in [-0.15, -0.1) is 10.2 Å². The molecule has 6 nitrogen and oxygen atoms in total. The summed E-state index contributed by atoms with van der Waals surface area (Å²) in [6.07, 6.45) is 0. The number of anilines is 1. The Morgan fingerprint density at radius 1 is 1.17 bits per heavy atom. The maximum atomic E-state index is 11.9. The summed E-state index contributed by atoms with van der Waals surface area (Å²) in [6, 6.07) is 6.70. The van der Waals surface area contributed by atoms with Crippen molar-refractivity contribution in [2.45, 2.75) is 4.90 Å². The largest absolute Gasteiger partial charge is 0.363 e. The van der Waals surface area contributed by atoms with Gasteiger partial charge in [0.2, 0.25) is 15.2 Å². The van der Waals surface area contributed by atoms with Gasteiger partial charge < -0.3 is 5.32 Å². The fraction of sp³-hybridized carbons (Fsp3) is 0.200. The molecule has 1 aromatic heterocycles. The quantitative estimate of drug-likeness (QED) is 0.880. The number of aromatic nitrogens is 2. The zero-order chi connectivity index (χ0) is 13.2. The number of hydrogen-bond donors (Lipinski definition) is 2. The third-order valence-corrected chi connectivity index (χ3v) is 4.76. The molecule has 2 aromatic rings. The highest BCUT2D eigenvalue weighted by Crippen LogP contribution is 2.30. The molecule has 1 aromatic carbocycles. The van der Waals surface area contributed by atoms with Crippen molar-refractivity contribution in [3.05, 3.63) is 24.3 Å². The molecule has 2 rings (SSSR count). The smallest absolute Gasteiger partial charge is 0.241 e. The van der Waals surface area contributed by atoms with Crippen LogP contribution < -0.4 is 10.0 Å². The molecule has 18 heavy (non-hydrogen) atoms. The van der Waals surface area contributed by atoms with Gasteiger partial charge in [0.1, 0.15) is 0 Å². The van der Waals surface area contributed by atoms with Crippen LogP contribution in [-0.4, -0.2) is 32.7 Å². The van der Waals surface area contributed by atoms with E-state index in [9.17, 15) is 8.42 Å². The lowest BCUT2D eigenvalue weighted by molar-refractivity contribution is 0.588. The van der Waals surface area contributed by atoms with Crippen molar-refractivity contribution in [3.63, 3.8) is 0 Å². The molecule has 0 radical (unpaired) electrons. The molecule has 96 valence electrons. The summed E-state index contributed by atoms with van der Waals surface area (Å²) in [5.74, 6) is 0. The van der Waals surface area contributed by atoms with Crippen LogP contribution in [0.3, 0.4) is 0 Å². The van der Waals surface area contributed by atoms with E-state index >= 15 is 0 Å². The maximum absolute atomic E-state index is 11.9. The summed E-state index contributed by atoms with van der Waals surface area (Å²) >= 11 is 1.30. The molecule has 0 saturated carbocycles. The second-order valence-corrected chi connectivity index (χ2v) is 6.20. The molecule has 1 heterocycles. The minimum Gasteiger partial charge on any atom is -0.363 e. The van der Waals surface area contributed by atoms with Crippen LogP contribution in [0.1, 0.15) is 0 Å².